The summed E-state index contributed by atoms with van der Waals surface area (Å²) in [7, 11) is 0. The first-order chi connectivity index (χ1) is 28.2. The number of hydrogen-bond acceptors (Lipinski definition) is 3. The van der Waals surface area contributed by atoms with Gasteiger partial charge >= 0.3 is 0 Å². The van der Waals surface area contributed by atoms with Crippen LogP contribution in [0.2, 0.25) is 0 Å². The van der Waals surface area contributed by atoms with Gasteiger partial charge in [0, 0.05) is 6.42 Å². The van der Waals surface area contributed by atoms with Crippen LogP contribution in [0.1, 0.15) is 303 Å². The summed E-state index contributed by atoms with van der Waals surface area (Å²) in [6, 6.07) is -0.532. The minimum Gasteiger partial charge on any atom is -0.394 e. The quantitative estimate of drug-likeness (QED) is 0.0424. The van der Waals surface area contributed by atoms with E-state index in [-0.39, 0.29) is 12.5 Å². The Balaban J connectivity index is 3.41. The van der Waals surface area contributed by atoms with Crippen LogP contribution in [0.15, 0.2) is 12.2 Å². The second kappa shape index (κ2) is 49.5. The molecule has 57 heavy (non-hydrogen) atoms. The highest BCUT2D eigenvalue weighted by Crippen LogP contribution is 2.17. The number of hydrogen-bond donors (Lipinski definition) is 3. The maximum Gasteiger partial charge on any atom is 0.220 e. The summed E-state index contributed by atoms with van der Waals surface area (Å²) in [4.78, 5) is 12.5. The van der Waals surface area contributed by atoms with Crippen LogP contribution in [0, 0.1) is 0 Å². The largest absolute Gasteiger partial charge is 0.394 e. The van der Waals surface area contributed by atoms with E-state index in [9.17, 15) is 15.0 Å². The van der Waals surface area contributed by atoms with Crippen molar-refractivity contribution >= 4 is 5.91 Å². The zero-order valence-corrected chi connectivity index (χ0v) is 39.1. The summed E-state index contributed by atoms with van der Waals surface area (Å²) in [5.74, 6) is -0.0252. The molecule has 0 bridgehead atoms. The first-order valence-corrected chi connectivity index (χ1v) is 26.4. The lowest BCUT2D eigenvalue weighted by Gasteiger charge is -2.22. The normalized spacial score (nSPS) is 12.8. The van der Waals surface area contributed by atoms with Gasteiger partial charge in [0.05, 0.1) is 18.8 Å². The number of carbonyl (C=O) groups excluding carboxylic acids is 1. The molecule has 340 valence electrons. The van der Waals surface area contributed by atoms with Gasteiger partial charge in [-0.2, -0.15) is 0 Å². The van der Waals surface area contributed by atoms with E-state index in [4.69, 9.17) is 0 Å². The van der Waals surface area contributed by atoms with E-state index in [0.29, 0.717) is 12.8 Å². The van der Waals surface area contributed by atoms with Gasteiger partial charge in [0.1, 0.15) is 0 Å². The average Bonchev–Trinajstić information content (AvgIpc) is 3.22. The summed E-state index contributed by atoms with van der Waals surface area (Å²) in [5, 5.41) is 23.3. The molecule has 2 atom stereocenters. The second-order valence-electron chi connectivity index (χ2n) is 18.3. The molecule has 0 aromatic rings. The monoisotopic (exact) mass is 804 g/mol. The number of nitrogens with one attached hydrogen (secondary N) is 1. The first kappa shape index (κ1) is 56.1. The lowest BCUT2D eigenvalue weighted by Crippen LogP contribution is -2.45. The third-order valence-corrected chi connectivity index (χ3v) is 12.5. The van der Waals surface area contributed by atoms with E-state index < -0.39 is 12.1 Å². The van der Waals surface area contributed by atoms with Crippen molar-refractivity contribution < 1.29 is 15.0 Å². The van der Waals surface area contributed by atoms with Crippen molar-refractivity contribution in [3.8, 4) is 0 Å². The predicted octanol–water partition coefficient (Wildman–Crippen LogP) is 17.0. The van der Waals surface area contributed by atoms with Gasteiger partial charge in [-0.05, 0) is 38.5 Å². The SMILES string of the molecule is CCCCCCCCCC/C=C\CCCCCCCCCCCCCCCCCCCC(=O)NC(CO)C(O)CCCCCCCCCCCCCCCCCC. The first-order valence-electron chi connectivity index (χ1n) is 26.4. The number of unbranched alkanes of at least 4 members (excludes halogenated alkanes) is 40. The smallest absolute Gasteiger partial charge is 0.220 e. The molecule has 0 aliphatic carbocycles. The fraction of sp³-hybridized carbons (Fsp3) is 0.943. The van der Waals surface area contributed by atoms with Crippen LogP contribution in [-0.2, 0) is 4.79 Å². The lowest BCUT2D eigenvalue weighted by molar-refractivity contribution is -0.123. The van der Waals surface area contributed by atoms with Gasteiger partial charge < -0.3 is 15.5 Å². The van der Waals surface area contributed by atoms with Crippen LogP contribution in [-0.4, -0.2) is 34.9 Å². The Kier molecular flexibility index (Phi) is 48.7. The maximum absolute atomic E-state index is 12.5. The number of carbonyl (C=O) groups is 1. The second-order valence-corrected chi connectivity index (χ2v) is 18.3. The molecule has 1 amide bonds. The minimum atomic E-state index is -0.655. The Morgan fingerprint density at radius 3 is 0.965 bits per heavy atom. The van der Waals surface area contributed by atoms with Crippen molar-refractivity contribution in [2.75, 3.05) is 6.61 Å². The molecule has 4 nitrogen and oxygen atoms in total. The molecule has 0 rings (SSSR count). The van der Waals surface area contributed by atoms with Crippen LogP contribution in [0.3, 0.4) is 0 Å². The Morgan fingerprint density at radius 2 is 0.667 bits per heavy atom. The van der Waals surface area contributed by atoms with Crippen LogP contribution >= 0.6 is 0 Å². The average molecular weight is 804 g/mol. The van der Waals surface area contributed by atoms with Gasteiger partial charge in [0.2, 0.25) is 5.91 Å². The maximum atomic E-state index is 12.5. The molecule has 0 saturated heterocycles. The van der Waals surface area contributed by atoms with Crippen LogP contribution in [0.4, 0.5) is 0 Å². The molecule has 4 heteroatoms. The topological polar surface area (TPSA) is 69.6 Å². The van der Waals surface area contributed by atoms with E-state index >= 15 is 0 Å². The van der Waals surface area contributed by atoms with Gasteiger partial charge in [0.15, 0.2) is 0 Å². The summed E-state index contributed by atoms with van der Waals surface area (Å²) in [5.41, 5.74) is 0. The zero-order valence-electron chi connectivity index (χ0n) is 39.1. The van der Waals surface area contributed by atoms with Crippen molar-refractivity contribution in [1.29, 1.82) is 0 Å². The van der Waals surface area contributed by atoms with Crippen molar-refractivity contribution in [1.82, 2.24) is 5.32 Å². The van der Waals surface area contributed by atoms with Crippen LogP contribution < -0.4 is 5.32 Å². The van der Waals surface area contributed by atoms with Crippen molar-refractivity contribution in [2.45, 2.75) is 315 Å². The van der Waals surface area contributed by atoms with Gasteiger partial charge in [-0.1, -0.05) is 270 Å². The zero-order chi connectivity index (χ0) is 41.4. The van der Waals surface area contributed by atoms with Gasteiger partial charge in [-0.15, -0.1) is 0 Å². The van der Waals surface area contributed by atoms with E-state index in [2.05, 4.69) is 31.3 Å². The highest BCUT2D eigenvalue weighted by molar-refractivity contribution is 5.76. The molecular formula is C53H105NO3. The van der Waals surface area contributed by atoms with E-state index in [1.165, 1.54) is 250 Å². The highest BCUT2D eigenvalue weighted by atomic mass is 16.3. The fourth-order valence-corrected chi connectivity index (χ4v) is 8.48. The molecule has 2 unspecified atom stereocenters. The third kappa shape index (κ3) is 46.1. The van der Waals surface area contributed by atoms with E-state index in [1.54, 1.807) is 0 Å². The number of aliphatic hydroxyl groups is 2. The number of allylic oxidation sites excluding steroid dienone is 2. The molecular weight excluding hydrogens is 699 g/mol. The Hall–Kier alpha value is -0.870. The van der Waals surface area contributed by atoms with E-state index in [1.807, 2.05) is 0 Å². The molecule has 0 aliphatic rings. The molecule has 0 aromatic heterocycles. The Labute approximate surface area is 358 Å². The number of rotatable bonds is 49. The van der Waals surface area contributed by atoms with Gasteiger partial charge in [-0.25, -0.2) is 0 Å². The van der Waals surface area contributed by atoms with Crippen molar-refractivity contribution in [3.63, 3.8) is 0 Å². The lowest BCUT2D eigenvalue weighted by atomic mass is 10.0. The molecule has 0 heterocycles. The molecule has 0 fully saturated rings. The number of aliphatic hydroxyl groups excluding tert-OH is 2. The molecule has 0 spiro atoms. The molecule has 0 saturated carbocycles. The summed E-state index contributed by atoms with van der Waals surface area (Å²) in [6.07, 6.45) is 63.3. The highest BCUT2D eigenvalue weighted by Gasteiger charge is 2.20. The van der Waals surface area contributed by atoms with Crippen molar-refractivity contribution in [2.24, 2.45) is 0 Å². The molecule has 3 N–H and O–H groups in total. The molecule has 0 aliphatic heterocycles. The van der Waals surface area contributed by atoms with Crippen LogP contribution in [0.5, 0.6) is 0 Å². The predicted molar refractivity (Wildman–Crippen MR) is 253 cm³/mol. The Morgan fingerprint density at radius 1 is 0.404 bits per heavy atom. The Bertz CT molecular complexity index is 784. The third-order valence-electron chi connectivity index (χ3n) is 12.5. The standard InChI is InChI=1S/C53H105NO3/c1-3-5-7-9-11-13-15-17-19-21-22-23-24-25-26-27-28-29-30-31-32-33-35-37-39-41-43-45-47-49-53(57)54-51(50-55)52(56)48-46-44-42-40-38-36-34-20-18-16-14-12-10-8-6-4-2/h21-22,51-52,55-56H,3-20,23-50H2,1-2H3,(H,54,57)/b22-21-. The summed E-state index contributed by atoms with van der Waals surface area (Å²) in [6.45, 7) is 4.39. The fourth-order valence-electron chi connectivity index (χ4n) is 8.48. The van der Waals surface area contributed by atoms with Crippen LogP contribution in [0.25, 0.3) is 0 Å². The number of amides is 1. The molecule has 0 radical (unpaired) electrons. The van der Waals surface area contributed by atoms with Gasteiger partial charge in [0.25, 0.3) is 0 Å². The summed E-state index contributed by atoms with van der Waals surface area (Å²) < 4.78 is 0. The van der Waals surface area contributed by atoms with Crippen molar-refractivity contribution in [3.05, 3.63) is 12.2 Å². The minimum absolute atomic E-state index is 0.0252. The van der Waals surface area contributed by atoms with E-state index in [0.717, 1.165) is 25.7 Å². The summed E-state index contributed by atoms with van der Waals surface area (Å²) >= 11 is 0. The molecule has 0 aromatic carbocycles. The van der Waals surface area contributed by atoms with Gasteiger partial charge in [-0.3, -0.25) is 4.79 Å².